The van der Waals surface area contributed by atoms with E-state index in [9.17, 15) is 18.0 Å². The monoisotopic (exact) mass is 323 g/mol. The second-order valence-corrected chi connectivity index (χ2v) is 7.24. The lowest BCUT2D eigenvalue weighted by Gasteiger charge is -2.26. The van der Waals surface area contributed by atoms with Crippen LogP contribution >= 0.6 is 0 Å². The number of carbonyl (C=O) groups excluding carboxylic acids is 2. The molecule has 0 spiro atoms. The summed E-state index contributed by atoms with van der Waals surface area (Å²) in [5, 5.41) is 2.50. The van der Waals surface area contributed by atoms with Crippen molar-refractivity contribution in [1.29, 1.82) is 0 Å². The molecule has 8 nitrogen and oxygen atoms in total. The maximum atomic E-state index is 11.7. The van der Waals surface area contributed by atoms with E-state index >= 15 is 0 Å². The first-order valence-electron chi connectivity index (χ1n) is 6.54. The summed E-state index contributed by atoms with van der Waals surface area (Å²) in [5.41, 5.74) is -0.821. The summed E-state index contributed by atoms with van der Waals surface area (Å²) in [4.78, 5) is 22.1. The quantitative estimate of drug-likeness (QED) is 0.374. The zero-order chi connectivity index (χ0) is 16.1. The molecular formula is C12H21NO7S. The van der Waals surface area contributed by atoms with Crippen molar-refractivity contribution in [3.8, 4) is 0 Å². The standard InChI is InChI=1S/C12H21NO7S/c1-9(14)13-5-4-6-21(16,17)20-7-12(2,3)10-11(15)19-8-18-10/h10H,4-8H2,1-3H3,(H,13,14)/t10-/m0/s1. The average Bonchev–Trinajstić information content (AvgIpc) is 2.80. The zero-order valence-electron chi connectivity index (χ0n) is 12.4. The fourth-order valence-corrected chi connectivity index (χ4v) is 2.84. The second-order valence-electron chi connectivity index (χ2n) is 5.48. The molecule has 0 aromatic carbocycles. The molecule has 0 aromatic rings. The Morgan fingerprint density at radius 2 is 2.14 bits per heavy atom. The van der Waals surface area contributed by atoms with Gasteiger partial charge in [-0.25, -0.2) is 4.79 Å². The predicted octanol–water partition coefficient (Wildman–Crippen LogP) is -0.215. The van der Waals surface area contributed by atoms with Gasteiger partial charge in [-0.1, -0.05) is 13.8 Å². The van der Waals surface area contributed by atoms with Crippen molar-refractivity contribution >= 4 is 22.0 Å². The van der Waals surface area contributed by atoms with Crippen LogP contribution in [0.15, 0.2) is 0 Å². The van der Waals surface area contributed by atoms with E-state index in [0.29, 0.717) is 0 Å². The lowest BCUT2D eigenvalue weighted by atomic mass is 9.88. The molecule has 1 heterocycles. The Bertz CT molecular complexity index is 486. The van der Waals surface area contributed by atoms with Crippen LogP contribution in [-0.4, -0.2) is 52.1 Å². The molecule has 0 aromatic heterocycles. The molecule has 0 bridgehead atoms. The summed E-state index contributed by atoms with van der Waals surface area (Å²) in [7, 11) is -3.72. The zero-order valence-corrected chi connectivity index (χ0v) is 13.2. The van der Waals surface area contributed by atoms with Crippen LogP contribution in [0.5, 0.6) is 0 Å². The minimum Gasteiger partial charge on any atom is -0.436 e. The number of nitrogens with one attached hydrogen (secondary N) is 1. The minimum absolute atomic E-state index is 0.129. The number of carbonyl (C=O) groups is 2. The van der Waals surface area contributed by atoms with Crippen molar-refractivity contribution in [1.82, 2.24) is 5.32 Å². The molecule has 122 valence electrons. The van der Waals surface area contributed by atoms with Gasteiger partial charge in [0.2, 0.25) is 5.91 Å². The number of amides is 1. The molecular weight excluding hydrogens is 302 g/mol. The van der Waals surface area contributed by atoms with E-state index in [1.165, 1.54) is 6.92 Å². The molecule has 1 atom stereocenters. The molecule has 1 saturated heterocycles. The number of rotatable bonds is 8. The van der Waals surface area contributed by atoms with Gasteiger partial charge in [-0.05, 0) is 6.42 Å². The average molecular weight is 323 g/mol. The minimum atomic E-state index is -3.72. The Morgan fingerprint density at radius 1 is 1.48 bits per heavy atom. The van der Waals surface area contributed by atoms with E-state index in [4.69, 9.17) is 8.92 Å². The molecule has 1 N–H and O–H groups in total. The van der Waals surface area contributed by atoms with Crippen molar-refractivity contribution in [2.24, 2.45) is 5.41 Å². The predicted molar refractivity (Wildman–Crippen MR) is 72.7 cm³/mol. The number of hydrogen-bond acceptors (Lipinski definition) is 7. The van der Waals surface area contributed by atoms with Crippen molar-refractivity contribution in [2.45, 2.75) is 33.3 Å². The van der Waals surface area contributed by atoms with Crippen LogP contribution in [0.2, 0.25) is 0 Å². The van der Waals surface area contributed by atoms with Crippen molar-refractivity contribution in [2.75, 3.05) is 25.7 Å². The van der Waals surface area contributed by atoms with Crippen molar-refractivity contribution in [3.63, 3.8) is 0 Å². The van der Waals surface area contributed by atoms with Gasteiger partial charge in [-0.2, -0.15) is 8.42 Å². The Balaban J connectivity index is 2.41. The van der Waals surface area contributed by atoms with Crippen LogP contribution in [-0.2, 0) is 33.4 Å². The van der Waals surface area contributed by atoms with Gasteiger partial charge in [0.05, 0.1) is 12.4 Å². The Labute approximate surface area is 124 Å². The molecule has 0 saturated carbocycles. The van der Waals surface area contributed by atoms with E-state index in [2.05, 4.69) is 10.1 Å². The summed E-state index contributed by atoms with van der Waals surface area (Å²) in [6.45, 7) is 4.63. The van der Waals surface area contributed by atoms with E-state index in [1.807, 2.05) is 0 Å². The lowest BCUT2D eigenvalue weighted by molar-refractivity contribution is -0.142. The first-order chi connectivity index (χ1) is 9.64. The highest BCUT2D eigenvalue weighted by Gasteiger charge is 2.42. The largest absolute Gasteiger partial charge is 0.436 e. The van der Waals surface area contributed by atoms with E-state index in [-0.39, 0.29) is 38.0 Å². The summed E-state index contributed by atoms with van der Waals surface area (Å²) in [6, 6.07) is 0. The molecule has 0 aliphatic carbocycles. The lowest BCUT2D eigenvalue weighted by Crippen LogP contribution is -2.39. The maximum absolute atomic E-state index is 11.7. The van der Waals surface area contributed by atoms with Crippen LogP contribution in [0.4, 0.5) is 0 Å². The van der Waals surface area contributed by atoms with E-state index < -0.39 is 27.6 Å². The van der Waals surface area contributed by atoms with Crippen LogP contribution in [0.1, 0.15) is 27.2 Å². The van der Waals surface area contributed by atoms with Crippen LogP contribution < -0.4 is 5.32 Å². The summed E-state index contributed by atoms with van der Waals surface area (Å²) < 4.78 is 38.2. The SMILES string of the molecule is CC(=O)NCCCS(=O)(=O)OCC(C)(C)[C@H]1OCOC1=O. The molecule has 1 rings (SSSR count). The van der Waals surface area contributed by atoms with Crippen molar-refractivity contribution < 1.29 is 31.7 Å². The highest BCUT2D eigenvalue weighted by Crippen LogP contribution is 2.28. The van der Waals surface area contributed by atoms with Gasteiger partial charge in [-0.15, -0.1) is 0 Å². The van der Waals surface area contributed by atoms with Gasteiger partial charge in [0.15, 0.2) is 12.9 Å². The fourth-order valence-electron chi connectivity index (χ4n) is 1.74. The maximum Gasteiger partial charge on any atom is 0.338 e. The molecule has 9 heteroatoms. The first-order valence-corrected chi connectivity index (χ1v) is 8.11. The third-order valence-electron chi connectivity index (χ3n) is 2.92. The topological polar surface area (TPSA) is 108 Å². The highest BCUT2D eigenvalue weighted by atomic mass is 32.2. The highest BCUT2D eigenvalue weighted by molar-refractivity contribution is 7.86. The summed E-state index contributed by atoms with van der Waals surface area (Å²) >= 11 is 0. The molecule has 1 fully saturated rings. The molecule has 1 aliphatic heterocycles. The molecule has 21 heavy (non-hydrogen) atoms. The fraction of sp³-hybridized carbons (Fsp3) is 0.833. The van der Waals surface area contributed by atoms with Gasteiger partial charge >= 0.3 is 5.97 Å². The Morgan fingerprint density at radius 3 is 2.67 bits per heavy atom. The van der Waals surface area contributed by atoms with Gasteiger partial charge in [0.25, 0.3) is 10.1 Å². The Hall–Kier alpha value is -1.19. The molecule has 1 aliphatic rings. The van der Waals surface area contributed by atoms with Crippen molar-refractivity contribution in [3.05, 3.63) is 0 Å². The first kappa shape index (κ1) is 17.9. The van der Waals surface area contributed by atoms with Gasteiger partial charge < -0.3 is 14.8 Å². The second kappa shape index (κ2) is 7.19. The number of esters is 1. The number of ether oxygens (including phenoxy) is 2. The van der Waals surface area contributed by atoms with Gasteiger partial charge in [0.1, 0.15) is 0 Å². The summed E-state index contributed by atoms with van der Waals surface area (Å²) in [5.74, 6) is -0.947. The van der Waals surface area contributed by atoms with Crippen LogP contribution in [0.25, 0.3) is 0 Å². The number of cyclic esters (lactones) is 1. The normalized spacial score (nSPS) is 19.4. The van der Waals surface area contributed by atoms with Crippen LogP contribution in [0, 0.1) is 5.41 Å². The third kappa shape index (κ3) is 5.98. The third-order valence-corrected chi connectivity index (χ3v) is 4.18. The van der Waals surface area contributed by atoms with Crippen LogP contribution in [0.3, 0.4) is 0 Å². The Kier molecular flexibility index (Phi) is 6.11. The van der Waals surface area contributed by atoms with E-state index in [1.54, 1.807) is 13.8 Å². The smallest absolute Gasteiger partial charge is 0.338 e. The molecule has 0 radical (unpaired) electrons. The molecule has 1 amide bonds. The number of hydrogen-bond donors (Lipinski definition) is 1. The van der Waals surface area contributed by atoms with E-state index in [0.717, 1.165) is 0 Å². The van der Waals surface area contributed by atoms with Gasteiger partial charge in [-0.3, -0.25) is 8.98 Å². The van der Waals surface area contributed by atoms with Gasteiger partial charge in [0, 0.05) is 18.9 Å². The molecule has 0 unspecified atom stereocenters. The summed E-state index contributed by atoms with van der Waals surface area (Å²) in [6.07, 6.45) is -0.586.